The van der Waals surface area contributed by atoms with E-state index >= 15 is 0 Å². The summed E-state index contributed by atoms with van der Waals surface area (Å²) in [6.07, 6.45) is 0.882. The predicted molar refractivity (Wildman–Crippen MR) is 89.9 cm³/mol. The normalized spacial score (nSPS) is 14.1. The van der Waals surface area contributed by atoms with Gasteiger partial charge < -0.3 is 16.0 Å². The van der Waals surface area contributed by atoms with Crippen molar-refractivity contribution in [3.8, 4) is 11.1 Å². The third-order valence-corrected chi connectivity index (χ3v) is 4.07. The van der Waals surface area contributed by atoms with E-state index in [1.807, 2.05) is 0 Å². The second-order valence-corrected chi connectivity index (χ2v) is 6.21. The molecule has 0 radical (unpaired) electrons. The smallest absolute Gasteiger partial charge is 0.346 e. The first kappa shape index (κ1) is 18.8. The Kier molecular flexibility index (Phi) is 4.60. The molecule has 0 aliphatic carbocycles. The highest BCUT2D eigenvalue weighted by molar-refractivity contribution is 5.94. The molecule has 3 aromatic heterocycles. The van der Waals surface area contributed by atoms with Crippen LogP contribution >= 0.6 is 0 Å². The van der Waals surface area contributed by atoms with Crippen molar-refractivity contribution in [2.75, 3.05) is 6.54 Å². The number of alkyl halides is 3. The molecule has 10 heteroatoms. The molecule has 142 valence electrons. The van der Waals surface area contributed by atoms with Crippen molar-refractivity contribution < 1.29 is 22.4 Å². The fourth-order valence-corrected chi connectivity index (χ4v) is 2.58. The summed E-state index contributed by atoms with van der Waals surface area (Å²) in [7, 11) is 0. The zero-order valence-corrected chi connectivity index (χ0v) is 14.1. The molecule has 4 N–H and O–H groups in total. The van der Waals surface area contributed by atoms with Crippen LogP contribution in [-0.2, 0) is 10.3 Å². The summed E-state index contributed by atoms with van der Waals surface area (Å²) >= 11 is 0. The summed E-state index contributed by atoms with van der Waals surface area (Å²) in [6.45, 7) is -0.199. The summed E-state index contributed by atoms with van der Waals surface area (Å²) in [5, 5.41) is 2.26. The molecule has 0 fully saturated rings. The standard InChI is InChI=1S/C17H15F4N5O/c1-16(22,15(27)26-8-17(19,20)21)10-2-9(4-23-5-10)13-7-25-14-12(13)3-11(18)6-24-14/h2-7H,8,22H2,1H3,(H,24,25)(H,26,27)/t16-/m0/s1. The molecular weight excluding hydrogens is 366 g/mol. The van der Waals surface area contributed by atoms with Crippen LogP contribution < -0.4 is 11.1 Å². The van der Waals surface area contributed by atoms with Gasteiger partial charge in [0.1, 0.15) is 23.5 Å². The molecule has 0 aliphatic rings. The van der Waals surface area contributed by atoms with Gasteiger partial charge in [0.15, 0.2) is 0 Å². The lowest BCUT2D eigenvalue weighted by molar-refractivity contribution is -0.141. The highest BCUT2D eigenvalue weighted by atomic mass is 19.4. The second kappa shape index (κ2) is 6.62. The molecule has 0 saturated carbocycles. The number of nitrogens with two attached hydrogens (primary N) is 1. The Balaban J connectivity index is 1.95. The zero-order chi connectivity index (χ0) is 19.8. The molecule has 1 atom stereocenters. The number of hydrogen-bond acceptors (Lipinski definition) is 4. The lowest BCUT2D eigenvalue weighted by Crippen LogP contribution is -2.51. The van der Waals surface area contributed by atoms with Crippen LogP contribution in [0.3, 0.4) is 0 Å². The summed E-state index contributed by atoms with van der Waals surface area (Å²) in [5.41, 5.74) is 5.96. The van der Waals surface area contributed by atoms with Crippen molar-refractivity contribution in [3.05, 3.63) is 48.3 Å². The van der Waals surface area contributed by atoms with Crippen molar-refractivity contribution in [1.82, 2.24) is 20.3 Å². The maximum Gasteiger partial charge on any atom is 0.405 e. The molecule has 3 aromatic rings. The van der Waals surface area contributed by atoms with Crippen LogP contribution in [0.1, 0.15) is 12.5 Å². The topological polar surface area (TPSA) is 96.7 Å². The summed E-state index contributed by atoms with van der Waals surface area (Å²) in [4.78, 5) is 23.0. The van der Waals surface area contributed by atoms with E-state index in [9.17, 15) is 22.4 Å². The van der Waals surface area contributed by atoms with Crippen LogP contribution in [0.2, 0.25) is 0 Å². The van der Waals surface area contributed by atoms with Crippen molar-refractivity contribution in [2.24, 2.45) is 5.73 Å². The minimum absolute atomic E-state index is 0.207. The zero-order valence-electron chi connectivity index (χ0n) is 14.1. The maximum absolute atomic E-state index is 13.5. The van der Waals surface area contributed by atoms with Gasteiger partial charge in [0.2, 0.25) is 5.91 Å². The molecule has 0 unspecified atom stereocenters. The first-order chi connectivity index (χ1) is 12.6. The van der Waals surface area contributed by atoms with E-state index in [0.29, 0.717) is 22.2 Å². The first-order valence-corrected chi connectivity index (χ1v) is 7.80. The number of halogens is 4. The average Bonchev–Trinajstić information content (AvgIpc) is 3.02. The number of nitrogens with zero attached hydrogens (tertiary/aromatic N) is 2. The summed E-state index contributed by atoms with van der Waals surface area (Å²) in [6, 6.07) is 2.81. The van der Waals surface area contributed by atoms with Crippen molar-refractivity contribution in [1.29, 1.82) is 0 Å². The van der Waals surface area contributed by atoms with Crippen LogP contribution in [-0.4, -0.2) is 33.6 Å². The number of aromatic amines is 1. The van der Waals surface area contributed by atoms with Crippen LogP contribution in [0.4, 0.5) is 17.6 Å². The highest BCUT2D eigenvalue weighted by Crippen LogP contribution is 2.30. The number of aromatic nitrogens is 3. The third-order valence-electron chi connectivity index (χ3n) is 4.07. The number of nitrogens with one attached hydrogen (secondary N) is 2. The SMILES string of the molecule is C[C@@](N)(C(=O)NCC(F)(F)F)c1cncc(-c2c[nH]c3ncc(F)cc23)c1. The van der Waals surface area contributed by atoms with Gasteiger partial charge in [-0.2, -0.15) is 13.2 Å². The molecule has 0 aliphatic heterocycles. The third kappa shape index (κ3) is 3.90. The molecular formula is C17H15F4N5O. The number of pyridine rings is 2. The number of rotatable bonds is 4. The number of carbonyl (C=O) groups excluding carboxylic acids is 1. The van der Waals surface area contributed by atoms with Gasteiger partial charge in [0.25, 0.3) is 0 Å². The van der Waals surface area contributed by atoms with Crippen LogP contribution in [0, 0.1) is 5.82 Å². The molecule has 0 aromatic carbocycles. The fourth-order valence-electron chi connectivity index (χ4n) is 2.58. The van der Waals surface area contributed by atoms with Crippen molar-refractivity contribution >= 4 is 16.9 Å². The molecule has 6 nitrogen and oxygen atoms in total. The van der Waals surface area contributed by atoms with E-state index in [1.165, 1.54) is 31.5 Å². The Morgan fingerprint density at radius 3 is 2.70 bits per heavy atom. The predicted octanol–water partition coefficient (Wildman–Crippen LogP) is 2.62. The number of fused-ring (bicyclic) bond motifs is 1. The van der Waals surface area contributed by atoms with E-state index in [-0.39, 0.29) is 5.56 Å². The molecule has 3 rings (SSSR count). The molecule has 0 saturated heterocycles. The van der Waals surface area contributed by atoms with E-state index in [4.69, 9.17) is 5.73 Å². The highest BCUT2D eigenvalue weighted by Gasteiger charge is 2.35. The van der Waals surface area contributed by atoms with Gasteiger partial charge in [-0.05, 0) is 19.1 Å². The van der Waals surface area contributed by atoms with E-state index in [2.05, 4.69) is 15.0 Å². The first-order valence-electron chi connectivity index (χ1n) is 7.80. The number of carbonyl (C=O) groups is 1. The Bertz CT molecular complexity index is 996. The van der Waals surface area contributed by atoms with Gasteiger partial charge in [0, 0.05) is 40.7 Å². The van der Waals surface area contributed by atoms with Crippen LogP contribution in [0.5, 0.6) is 0 Å². The van der Waals surface area contributed by atoms with Crippen LogP contribution in [0.15, 0.2) is 36.9 Å². The Morgan fingerprint density at radius 1 is 1.26 bits per heavy atom. The number of amides is 1. The van der Waals surface area contributed by atoms with Gasteiger partial charge in [-0.1, -0.05) is 0 Å². The number of H-pyrrole nitrogens is 1. The largest absolute Gasteiger partial charge is 0.405 e. The van der Waals surface area contributed by atoms with Gasteiger partial charge in [-0.3, -0.25) is 9.78 Å². The molecule has 0 spiro atoms. The minimum atomic E-state index is -4.55. The van der Waals surface area contributed by atoms with Gasteiger partial charge in [-0.25, -0.2) is 9.37 Å². The average molecular weight is 381 g/mol. The minimum Gasteiger partial charge on any atom is -0.346 e. The quantitative estimate of drug-likeness (QED) is 0.606. The molecule has 27 heavy (non-hydrogen) atoms. The summed E-state index contributed by atoms with van der Waals surface area (Å²) < 4.78 is 50.5. The molecule has 1 amide bonds. The Labute approximate surface area is 150 Å². The van der Waals surface area contributed by atoms with Crippen molar-refractivity contribution in [3.63, 3.8) is 0 Å². The Morgan fingerprint density at radius 2 is 2.00 bits per heavy atom. The molecule has 0 bridgehead atoms. The van der Waals surface area contributed by atoms with Crippen molar-refractivity contribution in [2.45, 2.75) is 18.6 Å². The van der Waals surface area contributed by atoms with Crippen LogP contribution in [0.25, 0.3) is 22.2 Å². The van der Waals surface area contributed by atoms with E-state index < -0.39 is 30.0 Å². The molecule has 3 heterocycles. The fraction of sp³-hybridized carbons (Fsp3) is 0.235. The lowest BCUT2D eigenvalue weighted by Gasteiger charge is -2.24. The Hall–Kier alpha value is -3.01. The second-order valence-electron chi connectivity index (χ2n) is 6.21. The van der Waals surface area contributed by atoms with Gasteiger partial charge in [0.05, 0.1) is 6.20 Å². The van der Waals surface area contributed by atoms with Gasteiger partial charge in [-0.15, -0.1) is 0 Å². The lowest BCUT2D eigenvalue weighted by atomic mass is 9.91. The summed E-state index contributed by atoms with van der Waals surface area (Å²) in [5.74, 6) is -1.52. The monoisotopic (exact) mass is 381 g/mol. The maximum atomic E-state index is 13.5. The number of hydrogen-bond donors (Lipinski definition) is 3. The van der Waals surface area contributed by atoms with E-state index in [0.717, 1.165) is 6.20 Å². The van der Waals surface area contributed by atoms with Gasteiger partial charge >= 0.3 is 6.18 Å². The van der Waals surface area contributed by atoms with E-state index in [1.54, 1.807) is 11.5 Å².